The van der Waals surface area contributed by atoms with Crippen molar-refractivity contribution in [2.45, 2.75) is 13.0 Å². The number of furan rings is 1. The van der Waals surface area contributed by atoms with E-state index in [0.717, 1.165) is 0 Å². The molecule has 10 heteroatoms. The van der Waals surface area contributed by atoms with Gasteiger partial charge in [-0.3, -0.25) is 0 Å². The van der Waals surface area contributed by atoms with Gasteiger partial charge in [-0.25, -0.2) is 14.4 Å². The summed E-state index contributed by atoms with van der Waals surface area (Å²) in [5.41, 5.74) is 0.861. The average molecular weight is 484 g/mol. The van der Waals surface area contributed by atoms with Crippen LogP contribution in [-0.4, -0.2) is 31.2 Å². The Balaban J connectivity index is 1.92. The molecule has 0 fully saturated rings. The molecule has 1 aliphatic heterocycles. The van der Waals surface area contributed by atoms with Crippen LogP contribution in [0.3, 0.4) is 0 Å². The number of nitrogens with one attached hydrogen (secondary N) is 2. The van der Waals surface area contributed by atoms with E-state index in [4.69, 9.17) is 25.5 Å². The van der Waals surface area contributed by atoms with Crippen LogP contribution < -0.4 is 10.6 Å². The van der Waals surface area contributed by atoms with E-state index in [-0.39, 0.29) is 30.2 Å². The van der Waals surface area contributed by atoms with Gasteiger partial charge in [0, 0.05) is 5.02 Å². The molecule has 0 aliphatic carbocycles. The van der Waals surface area contributed by atoms with Crippen molar-refractivity contribution in [1.29, 1.82) is 0 Å². The summed E-state index contributed by atoms with van der Waals surface area (Å²) >= 11 is 9.03. The highest BCUT2D eigenvalue weighted by atomic mass is 79.9. The van der Waals surface area contributed by atoms with E-state index in [0.29, 0.717) is 15.3 Å². The van der Waals surface area contributed by atoms with Crippen molar-refractivity contribution in [3.63, 3.8) is 0 Å². The Bertz CT molecular complexity index is 969. The summed E-state index contributed by atoms with van der Waals surface area (Å²) in [6.45, 7) is 1.44. The van der Waals surface area contributed by atoms with Crippen LogP contribution in [0, 0.1) is 0 Å². The van der Waals surface area contributed by atoms with Gasteiger partial charge in [0.25, 0.3) is 0 Å². The number of carbonyl (C=O) groups excluding carboxylic acids is 3. The van der Waals surface area contributed by atoms with Gasteiger partial charge in [0.15, 0.2) is 4.67 Å². The van der Waals surface area contributed by atoms with Crippen molar-refractivity contribution in [1.82, 2.24) is 10.6 Å². The van der Waals surface area contributed by atoms with Crippen LogP contribution in [0.2, 0.25) is 5.02 Å². The number of hydrogen-bond acceptors (Lipinski definition) is 6. The first-order valence-electron chi connectivity index (χ1n) is 8.54. The summed E-state index contributed by atoms with van der Waals surface area (Å²) in [5, 5.41) is 5.70. The second kappa shape index (κ2) is 9.15. The molecule has 2 heterocycles. The minimum Gasteiger partial charge on any atom is -0.463 e. The number of benzene rings is 1. The smallest absolute Gasteiger partial charge is 0.374 e. The van der Waals surface area contributed by atoms with Crippen LogP contribution in [-0.2, 0) is 14.3 Å². The molecular formula is C19H16BrClN2O6. The predicted octanol–water partition coefficient (Wildman–Crippen LogP) is 3.72. The fraction of sp³-hybridized carbons (Fsp3) is 0.211. The Hall–Kier alpha value is -2.78. The SMILES string of the molecule is CCOC(=O)C1=C(COC(=O)c2ccc(Br)o2)NC(=O)NC1c1ccc(Cl)cc1. The molecule has 152 valence electrons. The quantitative estimate of drug-likeness (QED) is 0.607. The molecule has 2 N–H and O–H groups in total. The molecule has 3 rings (SSSR count). The highest BCUT2D eigenvalue weighted by Gasteiger charge is 2.34. The number of esters is 2. The summed E-state index contributed by atoms with van der Waals surface area (Å²) in [4.78, 5) is 36.9. The molecule has 0 saturated heterocycles. The van der Waals surface area contributed by atoms with E-state index in [1.54, 1.807) is 37.3 Å². The summed E-state index contributed by atoms with van der Waals surface area (Å²) in [7, 11) is 0. The van der Waals surface area contributed by atoms with Gasteiger partial charge in [0.2, 0.25) is 5.76 Å². The summed E-state index contributed by atoms with van der Waals surface area (Å²) in [5.74, 6) is -1.42. The van der Waals surface area contributed by atoms with Gasteiger partial charge in [0.1, 0.15) is 6.61 Å². The number of urea groups is 1. The van der Waals surface area contributed by atoms with Gasteiger partial charge in [-0.15, -0.1) is 0 Å². The van der Waals surface area contributed by atoms with Crippen LogP contribution in [0.4, 0.5) is 4.79 Å². The van der Waals surface area contributed by atoms with E-state index in [2.05, 4.69) is 26.6 Å². The molecule has 0 saturated carbocycles. The lowest BCUT2D eigenvalue weighted by Crippen LogP contribution is -2.47. The summed E-state index contributed by atoms with van der Waals surface area (Å²) in [6.07, 6.45) is 0. The average Bonchev–Trinajstić information content (AvgIpc) is 3.12. The fourth-order valence-electron chi connectivity index (χ4n) is 2.72. The molecular weight excluding hydrogens is 468 g/mol. The van der Waals surface area contributed by atoms with Gasteiger partial charge in [-0.2, -0.15) is 0 Å². The number of rotatable bonds is 6. The molecule has 1 aromatic carbocycles. The summed E-state index contributed by atoms with van der Waals surface area (Å²) in [6, 6.07) is 8.28. The first-order chi connectivity index (χ1) is 13.9. The number of hydrogen-bond donors (Lipinski definition) is 2. The third-order valence-electron chi connectivity index (χ3n) is 3.97. The van der Waals surface area contributed by atoms with E-state index >= 15 is 0 Å². The molecule has 0 spiro atoms. The van der Waals surface area contributed by atoms with Crippen LogP contribution in [0.5, 0.6) is 0 Å². The standard InChI is InChI=1S/C19H16BrClN2O6/c1-2-27-18(25)15-12(9-28-17(24)13-7-8-14(20)29-13)22-19(26)23-16(15)10-3-5-11(21)6-4-10/h3-8,16H,2,9H2,1H3,(H2,22,23,26). The number of ether oxygens (including phenoxy) is 2. The Morgan fingerprint density at radius 3 is 2.48 bits per heavy atom. The maximum atomic E-state index is 12.6. The predicted molar refractivity (Wildman–Crippen MR) is 106 cm³/mol. The third-order valence-corrected chi connectivity index (χ3v) is 4.65. The molecule has 2 amide bonds. The van der Waals surface area contributed by atoms with E-state index in [1.165, 1.54) is 6.07 Å². The highest BCUT2D eigenvalue weighted by Crippen LogP contribution is 2.29. The lowest BCUT2D eigenvalue weighted by molar-refractivity contribution is -0.139. The Morgan fingerprint density at radius 2 is 1.86 bits per heavy atom. The van der Waals surface area contributed by atoms with Crippen LogP contribution >= 0.6 is 27.5 Å². The van der Waals surface area contributed by atoms with Crippen molar-refractivity contribution in [2.24, 2.45) is 0 Å². The highest BCUT2D eigenvalue weighted by molar-refractivity contribution is 9.10. The monoisotopic (exact) mass is 482 g/mol. The lowest BCUT2D eigenvalue weighted by atomic mass is 9.95. The molecule has 1 unspecified atom stereocenters. The molecule has 29 heavy (non-hydrogen) atoms. The Kier molecular flexibility index (Phi) is 6.60. The lowest BCUT2D eigenvalue weighted by Gasteiger charge is -2.29. The van der Waals surface area contributed by atoms with Crippen molar-refractivity contribution in [3.05, 3.63) is 68.7 Å². The van der Waals surface area contributed by atoms with Gasteiger partial charge in [0.05, 0.1) is 23.9 Å². The molecule has 1 atom stereocenters. The zero-order valence-corrected chi connectivity index (χ0v) is 17.5. The largest absolute Gasteiger partial charge is 0.463 e. The topological polar surface area (TPSA) is 107 Å². The maximum Gasteiger partial charge on any atom is 0.374 e. The third kappa shape index (κ3) is 4.99. The molecule has 1 aliphatic rings. The molecule has 0 radical (unpaired) electrons. The van der Waals surface area contributed by atoms with Crippen molar-refractivity contribution >= 4 is 45.5 Å². The second-order valence-corrected chi connectivity index (χ2v) is 7.09. The van der Waals surface area contributed by atoms with E-state index < -0.39 is 24.0 Å². The Labute approximate surface area is 179 Å². The molecule has 2 aromatic rings. The Morgan fingerprint density at radius 1 is 1.14 bits per heavy atom. The normalized spacial score (nSPS) is 16.1. The summed E-state index contributed by atoms with van der Waals surface area (Å²) < 4.78 is 15.9. The number of amides is 2. The van der Waals surface area contributed by atoms with E-state index in [1.807, 2.05) is 0 Å². The van der Waals surface area contributed by atoms with Gasteiger partial charge >= 0.3 is 18.0 Å². The van der Waals surface area contributed by atoms with Crippen LogP contribution in [0.1, 0.15) is 29.1 Å². The van der Waals surface area contributed by atoms with Crippen molar-refractivity contribution < 1.29 is 28.3 Å². The fourth-order valence-corrected chi connectivity index (χ4v) is 3.15. The number of carbonyl (C=O) groups is 3. The minimum absolute atomic E-state index is 0.0235. The van der Waals surface area contributed by atoms with Gasteiger partial charge < -0.3 is 24.5 Å². The maximum absolute atomic E-state index is 12.6. The van der Waals surface area contributed by atoms with Crippen LogP contribution in [0.15, 0.2) is 56.8 Å². The second-order valence-electron chi connectivity index (χ2n) is 5.88. The first kappa shape index (κ1) is 20.9. The number of halogens is 2. The van der Waals surface area contributed by atoms with Gasteiger partial charge in [-0.1, -0.05) is 23.7 Å². The van der Waals surface area contributed by atoms with Crippen molar-refractivity contribution in [2.75, 3.05) is 13.2 Å². The molecule has 1 aromatic heterocycles. The zero-order valence-electron chi connectivity index (χ0n) is 15.2. The van der Waals surface area contributed by atoms with Crippen LogP contribution in [0.25, 0.3) is 0 Å². The molecule has 0 bridgehead atoms. The minimum atomic E-state index is -0.800. The van der Waals surface area contributed by atoms with Crippen molar-refractivity contribution in [3.8, 4) is 0 Å². The van der Waals surface area contributed by atoms with E-state index in [9.17, 15) is 14.4 Å². The first-order valence-corrected chi connectivity index (χ1v) is 9.71. The van der Waals surface area contributed by atoms with Gasteiger partial charge in [-0.05, 0) is 52.7 Å². The zero-order chi connectivity index (χ0) is 21.0. The molecule has 8 nitrogen and oxygen atoms in total.